The van der Waals surface area contributed by atoms with Crippen LogP contribution in [0.1, 0.15) is 40.5 Å². The van der Waals surface area contributed by atoms with E-state index in [-0.39, 0.29) is 6.61 Å². The van der Waals surface area contributed by atoms with Gasteiger partial charge in [-0.15, -0.1) is 0 Å². The molecule has 0 atom stereocenters. The van der Waals surface area contributed by atoms with E-state index in [1.54, 1.807) is 0 Å². The molecular formula is C11H11F5N2O2. The van der Waals surface area contributed by atoms with Gasteiger partial charge in [-0.1, -0.05) is 0 Å². The third-order valence-corrected chi connectivity index (χ3v) is 2.40. The molecule has 1 heterocycles. The number of rotatable bonds is 4. The fourth-order valence-corrected chi connectivity index (χ4v) is 1.62. The van der Waals surface area contributed by atoms with Gasteiger partial charge in [0.25, 0.3) is 6.43 Å². The van der Waals surface area contributed by atoms with E-state index < -0.39 is 47.5 Å². The molecule has 0 aliphatic carbocycles. The maximum atomic E-state index is 12.8. The predicted molar refractivity (Wildman–Crippen MR) is 58.0 cm³/mol. The highest BCUT2D eigenvalue weighted by Crippen LogP contribution is 2.35. The molecular weight excluding hydrogens is 287 g/mol. The summed E-state index contributed by atoms with van der Waals surface area (Å²) in [5.41, 5.74) is 1.09. The van der Waals surface area contributed by atoms with Crippen molar-refractivity contribution in [2.24, 2.45) is 5.73 Å². The topological polar surface area (TPSA) is 65.2 Å². The summed E-state index contributed by atoms with van der Waals surface area (Å²) in [5, 5.41) is 0. The molecule has 0 fully saturated rings. The molecule has 1 aromatic rings. The van der Waals surface area contributed by atoms with E-state index in [0.29, 0.717) is 6.20 Å². The summed E-state index contributed by atoms with van der Waals surface area (Å²) in [6.45, 7) is 0.458. The zero-order valence-electron chi connectivity index (χ0n) is 10.3. The van der Waals surface area contributed by atoms with Gasteiger partial charge < -0.3 is 10.5 Å². The second kappa shape index (κ2) is 6.12. The first kappa shape index (κ1) is 16.3. The first-order valence-corrected chi connectivity index (χ1v) is 5.48. The number of alkyl halides is 5. The first-order valence-electron chi connectivity index (χ1n) is 5.48. The van der Waals surface area contributed by atoms with Gasteiger partial charge in [-0.3, -0.25) is 4.98 Å². The zero-order chi connectivity index (χ0) is 15.5. The first-order chi connectivity index (χ1) is 9.23. The van der Waals surface area contributed by atoms with E-state index in [9.17, 15) is 26.7 Å². The second-order valence-corrected chi connectivity index (χ2v) is 3.64. The summed E-state index contributed by atoms with van der Waals surface area (Å²) in [6.07, 6.45) is -7.76. The molecule has 0 spiro atoms. The minimum absolute atomic E-state index is 0.171. The van der Waals surface area contributed by atoms with Crippen molar-refractivity contribution in [3.05, 3.63) is 28.6 Å². The van der Waals surface area contributed by atoms with Crippen LogP contribution in [0.4, 0.5) is 22.0 Å². The largest absolute Gasteiger partial charge is 0.462 e. The van der Waals surface area contributed by atoms with Gasteiger partial charge in [0, 0.05) is 18.3 Å². The highest BCUT2D eigenvalue weighted by atomic mass is 19.4. The minimum Gasteiger partial charge on any atom is -0.462 e. The Balaban J connectivity index is 3.59. The Morgan fingerprint density at radius 1 is 1.45 bits per heavy atom. The van der Waals surface area contributed by atoms with E-state index in [4.69, 9.17) is 5.73 Å². The van der Waals surface area contributed by atoms with Crippen LogP contribution in [-0.2, 0) is 17.5 Å². The van der Waals surface area contributed by atoms with Crippen LogP contribution >= 0.6 is 0 Å². The van der Waals surface area contributed by atoms with Crippen molar-refractivity contribution in [3.63, 3.8) is 0 Å². The van der Waals surface area contributed by atoms with Crippen molar-refractivity contribution >= 4 is 5.97 Å². The smallest absolute Gasteiger partial charge is 0.433 e. The standard InChI is InChI=1S/C11H11F5N2O2/c1-2-20-10(19)7-5(3-17)8(11(14,15)16)18-4-6(7)9(12)13/h4,9H,2-3,17H2,1H3. The minimum atomic E-state index is -4.91. The van der Waals surface area contributed by atoms with Crippen LogP contribution < -0.4 is 5.73 Å². The number of hydrogen-bond donors (Lipinski definition) is 1. The van der Waals surface area contributed by atoms with Gasteiger partial charge in [0.15, 0.2) is 0 Å². The Labute approximate surface area is 110 Å². The van der Waals surface area contributed by atoms with Crippen LogP contribution in [0.3, 0.4) is 0 Å². The van der Waals surface area contributed by atoms with Crippen molar-refractivity contribution in [3.8, 4) is 0 Å². The van der Waals surface area contributed by atoms with Gasteiger partial charge in [0.2, 0.25) is 0 Å². The number of pyridine rings is 1. The van der Waals surface area contributed by atoms with Crippen molar-refractivity contribution in [2.75, 3.05) is 6.61 Å². The zero-order valence-corrected chi connectivity index (χ0v) is 10.3. The van der Waals surface area contributed by atoms with Crippen LogP contribution in [0.5, 0.6) is 0 Å². The quantitative estimate of drug-likeness (QED) is 0.685. The highest BCUT2D eigenvalue weighted by molar-refractivity contribution is 5.93. The fourth-order valence-electron chi connectivity index (χ4n) is 1.62. The van der Waals surface area contributed by atoms with Crippen molar-refractivity contribution in [1.82, 2.24) is 4.98 Å². The average Bonchev–Trinajstić information content (AvgIpc) is 2.35. The Morgan fingerprint density at radius 2 is 2.05 bits per heavy atom. The van der Waals surface area contributed by atoms with Crippen LogP contribution in [0.25, 0.3) is 0 Å². The monoisotopic (exact) mass is 298 g/mol. The van der Waals surface area contributed by atoms with Gasteiger partial charge in [-0.25, -0.2) is 13.6 Å². The number of halogens is 5. The number of hydrogen-bond acceptors (Lipinski definition) is 4. The average molecular weight is 298 g/mol. The normalized spacial score (nSPS) is 11.8. The van der Waals surface area contributed by atoms with Crippen molar-refractivity contribution in [1.29, 1.82) is 0 Å². The predicted octanol–water partition coefficient (Wildman–Crippen LogP) is 2.67. The molecule has 9 heteroatoms. The Morgan fingerprint density at radius 3 is 2.45 bits per heavy atom. The number of nitrogens with two attached hydrogens (primary N) is 1. The molecule has 112 valence electrons. The summed E-state index contributed by atoms with van der Waals surface area (Å²) in [7, 11) is 0. The molecule has 0 radical (unpaired) electrons. The summed E-state index contributed by atoms with van der Waals surface area (Å²) in [6, 6.07) is 0. The van der Waals surface area contributed by atoms with Gasteiger partial charge in [0.05, 0.1) is 17.7 Å². The number of nitrogens with zero attached hydrogens (tertiary/aromatic N) is 1. The number of esters is 1. The number of ether oxygens (including phenoxy) is 1. The number of aromatic nitrogens is 1. The molecule has 4 nitrogen and oxygen atoms in total. The molecule has 0 aliphatic rings. The van der Waals surface area contributed by atoms with Crippen LogP contribution in [0.2, 0.25) is 0 Å². The summed E-state index contributed by atoms with van der Waals surface area (Å²) >= 11 is 0. The molecule has 1 rings (SSSR count). The van der Waals surface area contributed by atoms with Crippen molar-refractivity contribution in [2.45, 2.75) is 26.1 Å². The second-order valence-electron chi connectivity index (χ2n) is 3.64. The van der Waals surface area contributed by atoms with Gasteiger partial charge in [0.1, 0.15) is 5.69 Å². The molecule has 2 N–H and O–H groups in total. The van der Waals surface area contributed by atoms with Crippen LogP contribution in [0.15, 0.2) is 6.20 Å². The van der Waals surface area contributed by atoms with Gasteiger partial charge >= 0.3 is 12.1 Å². The maximum absolute atomic E-state index is 12.8. The molecule has 0 saturated heterocycles. The lowest BCUT2D eigenvalue weighted by molar-refractivity contribution is -0.141. The molecule has 1 aromatic heterocycles. The highest BCUT2D eigenvalue weighted by Gasteiger charge is 2.38. The van der Waals surface area contributed by atoms with Crippen LogP contribution in [0, 0.1) is 0 Å². The summed E-state index contributed by atoms with van der Waals surface area (Å²) in [4.78, 5) is 14.6. The van der Waals surface area contributed by atoms with E-state index in [2.05, 4.69) is 9.72 Å². The third-order valence-electron chi connectivity index (χ3n) is 2.40. The number of carbonyl (C=O) groups excluding carboxylic acids is 1. The fraction of sp³-hybridized carbons (Fsp3) is 0.455. The molecule has 20 heavy (non-hydrogen) atoms. The molecule has 0 unspecified atom stereocenters. The Bertz CT molecular complexity index is 502. The maximum Gasteiger partial charge on any atom is 0.433 e. The van der Waals surface area contributed by atoms with E-state index in [1.165, 1.54) is 6.92 Å². The number of carbonyl (C=O) groups is 1. The van der Waals surface area contributed by atoms with Crippen molar-refractivity contribution < 1.29 is 31.5 Å². The lowest BCUT2D eigenvalue weighted by Gasteiger charge is -2.17. The Hall–Kier alpha value is -1.77. The lowest BCUT2D eigenvalue weighted by Crippen LogP contribution is -2.21. The summed E-state index contributed by atoms with van der Waals surface area (Å²) < 4.78 is 68.3. The third kappa shape index (κ3) is 3.21. The molecule has 0 amide bonds. The summed E-state index contributed by atoms with van der Waals surface area (Å²) in [5.74, 6) is -1.28. The molecule has 0 aromatic carbocycles. The van der Waals surface area contributed by atoms with E-state index >= 15 is 0 Å². The van der Waals surface area contributed by atoms with Gasteiger partial charge in [-0.05, 0) is 6.92 Å². The Kier molecular flexibility index (Phi) is 4.98. The molecule has 0 bridgehead atoms. The lowest BCUT2D eigenvalue weighted by atomic mass is 10.0. The molecule has 0 saturated carbocycles. The SMILES string of the molecule is CCOC(=O)c1c(C(F)F)cnc(C(F)(F)F)c1CN. The van der Waals surface area contributed by atoms with Crippen LogP contribution in [-0.4, -0.2) is 17.6 Å². The van der Waals surface area contributed by atoms with E-state index in [0.717, 1.165) is 0 Å². The molecule has 0 aliphatic heterocycles. The van der Waals surface area contributed by atoms with Gasteiger partial charge in [-0.2, -0.15) is 13.2 Å². The van der Waals surface area contributed by atoms with E-state index in [1.807, 2.05) is 0 Å².